The van der Waals surface area contributed by atoms with Gasteiger partial charge in [-0.05, 0) is 17.7 Å². The summed E-state index contributed by atoms with van der Waals surface area (Å²) in [6.45, 7) is 0.283. The maximum absolute atomic E-state index is 12.3. The summed E-state index contributed by atoms with van der Waals surface area (Å²) in [5, 5.41) is 9.58. The molecule has 7 nitrogen and oxygen atoms in total. The van der Waals surface area contributed by atoms with Gasteiger partial charge in [0.2, 0.25) is 0 Å². The van der Waals surface area contributed by atoms with Crippen molar-refractivity contribution in [1.82, 2.24) is 9.38 Å². The maximum atomic E-state index is 12.3. The second-order valence-corrected chi connectivity index (χ2v) is 6.42. The van der Waals surface area contributed by atoms with Gasteiger partial charge in [0, 0.05) is 30.3 Å². The molecule has 4 rings (SSSR count). The Labute approximate surface area is 166 Å². The van der Waals surface area contributed by atoms with Crippen LogP contribution in [0, 0.1) is 11.3 Å². The van der Waals surface area contributed by atoms with Gasteiger partial charge in [-0.3, -0.25) is 9.78 Å². The number of nitrogens with zero attached hydrogens (tertiary/aromatic N) is 3. The molecule has 3 heterocycles. The van der Waals surface area contributed by atoms with E-state index in [0.717, 1.165) is 16.5 Å². The molecule has 0 aliphatic heterocycles. The van der Waals surface area contributed by atoms with E-state index in [-0.39, 0.29) is 6.61 Å². The molecule has 0 bridgehead atoms. The first-order valence-corrected chi connectivity index (χ1v) is 9.07. The highest BCUT2D eigenvalue weighted by Crippen LogP contribution is 2.35. The van der Waals surface area contributed by atoms with Crippen LogP contribution in [0.5, 0.6) is 11.5 Å². The number of nitrogens with two attached hydrogens (primary N) is 1. The van der Waals surface area contributed by atoms with Crippen LogP contribution < -0.4 is 15.2 Å². The topological polar surface area (TPSA) is 103 Å². The third-order valence-electron chi connectivity index (χ3n) is 4.59. The molecule has 0 aliphatic carbocycles. The Morgan fingerprint density at radius 2 is 2.07 bits per heavy atom. The Kier molecular flexibility index (Phi) is 4.99. The lowest BCUT2D eigenvalue weighted by Crippen LogP contribution is -2.12. The van der Waals surface area contributed by atoms with E-state index in [0.29, 0.717) is 35.6 Å². The van der Waals surface area contributed by atoms with Gasteiger partial charge in [-0.15, -0.1) is 0 Å². The summed E-state index contributed by atoms with van der Waals surface area (Å²) in [6, 6.07) is 14.9. The van der Waals surface area contributed by atoms with Gasteiger partial charge in [0.1, 0.15) is 23.1 Å². The highest BCUT2D eigenvalue weighted by molar-refractivity contribution is 6.14. The molecule has 0 radical (unpaired) electrons. The number of carbonyl (C=O) groups excluding carboxylic acids is 1. The van der Waals surface area contributed by atoms with Crippen molar-refractivity contribution in [3.05, 3.63) is 72.2 Å². The van der Waals surface area contributed by atoms with Crippen LogP contribution in [-0.2, 0) is 6.42 Å². The van der Waals surface area contributed by atoms with Crippen molar-refractivity contribution in [2.75, 3.05) is 13.2 Å². The number of benzene rings is 1. The molecule has 1 aromatic carbocycles. The third kappa shape index (κ3) is 3.56. The molecular weight excluding hydrogens is 368 g/mol. The lowest BCUT2D eigenvalue weighted by atomic mass is 10.1. The molecule has 0 fully saturated rings. The number of amides is 1. The van der Waals surface area contributed by atoms with Gasteiger partial charge in [-0.1, -0.05) is 24.3 Å². The van der Waals surface area contributed by atoms with Crippen molar-refractivity contribution in [3.63, 3.8) is 0 Å². The Bertz CT molecular complexity index is 1230. The largest absolute Gasteiger partial charge is 0.491 e. The molecule has 0 atom stereocenters. The SMILES string of the molecule is N#CCOc1cc(OCCc2cccnc2)c2c(C(N)=O)c3ccccc3n2c1. The summed E-state index contributed by atoms with van der Waals surface area (Å²) in [4.78, 5) is 16.4. The van der Waals surface area contributed by atoms with Crippen molar-refractivity contribution in [3.8, 4) is 17.6 Å². The summed E-state index contributed by atoms with van der Waals surface area (Å²) in [5.74, 6) is 0.396. The average molecular weight is 386 g/mol. The normalized spacial score (nSPS) is 10.7. The predicted octanol–water partition coefficient (Wildman–Crippen LogP) is 3.11. The van der Waals surface area contributed by atoms with Crippen LogP contribution in [-0.4, -0.2) is 28.5 Å². The molecule has 0 saturated carbocycles. The van der Waals surface area contributed by atoms with Gasteiger partial charge >= 0.3 is 0 Å². The Morgan fingerprint density at radius 3 is 2.83 bits per heavy atom. The number of pyridine rings is 2. The summed E-state index contributed by atoms with van der Waals surface area (Å²) in [5.41, 5.74) is 8.52. The van der Waals surface area contributed by atoms with E-state index in [1.807, 2.05) is 46.9 Å². The first kappa shape index (κ1) is 18.3. The number of primary amides is 1. The van der Waals surface area contributed by atoms with E-state index in [2.05, 4.69) is 4.98 Å². The standard InChI is InChI=1S/C22H18N4O3/c23-8-11-28-16-12-19(29-10-7-15-4-3-9-25-13-15)21-20(22(24)27)17-5-1-2-6-18(17)26(21)14-16/h1-6,9,12-14H,7,10-11H2,(H2,24,27). The monoisotopic (exact) mass is 386 g/mol. The highest BCUT2D eigenvalue weighted by atomic mass is 16.5. The highest BCUT2D eigenvalue weighted by Gasteiger charge is 2.21. The van der Waals surface area contributed by atoms with E-state index < -0.39 is 5.91 Å². The van der Waals surface area contributed by atoms with E-state index in [1.54, 1.807) is 24.7 Å². The fourth-order valence-corrected chi connectivity index (χ4v) is 3.38. The fourth-order valence-electron chi connectivity index (χ4n) is 3.38. The number of para-hydroxylation sites is 1. The fraction of sp³-hybridized carbons (Fsp3) is 0.136. The molecule has 2 N–H and O–H groups in total. The number of hydrogen-bond donors (Lipinski definition) is 1. The Morgan fingerprint density at radius 1 is 1.21 bits per heavy atom. The zero-order valence-corrected chi connectivity index (χ0v) is 15.5. The lowest BCUT2D eigenvalue weighted by molar-refractivity contribution is 0.100. The first-order chi connectivity index (χ1) is 14.2. The number of carbonyl (C=O) groups is 1. The number of ether oxygens (including phenoxy) is 2. The van der Waals surface area contributed by atoms with Crippen molar-refractivity contribution < 1.29 is 14.3 Å². The molecule has 7 heteroatoms. The van der Waals surface area contributed by atoms with Crippen LogP contribution in [0.2, 0.25) is 0 Å². The van der Waals surface area contributed by atoms with E-state index in [4.69, 9.17) is 20.5 Å². The molecule has 1 amide bonds. The molecule has 144 valence electrons. The van der Waals surface area contributed by atoms with E-state index >= 15 is 0 Å². The second kappa shape index (κ2) is 7.90. The number of hydrogen-bond acceptors (Lipinski definition) is 5. The molecule has 0 spiro atoms. The number of fused-ring (bicyclic) bond motifs is 3. The second-order valence-electron chi connectivity index (χ2n) is 6.42. The van der Waals surface area contributed by atoms with Crippen molar-refractivity contribution in [2.45, 2.75) is 6.42 Å². The molecule has 0 aliphatic rings. The molecule has 29 heavy (non-hydrogen) atoms. The zero-order valence-electron chi connectivity index (χ0n) is 15.5. The van der Waals surface area contributed by atoms with Crippen LogP contribution in [0.4, 0.5) is 0 Å². The van der Waals surface area contributed by atoms with E-state index in [9.17, 15) is 4.79 Å². The van der Waals surface area contributed by atoms with Crippen LogP contribution in [0.15, 0.2) is 61.1 Å². The smallest absolute Gasteiger partial charge is 0.251 e. The molecular formula is C22H18N4O3. The van der Waals surface area contributed by atoms with Crippen molar-refractivity contribution >= 4 is 22.3 Å². The minimum Gasteiger partial charge on any atom is -0.491 e. The quantitative estimate of drug-likeness (QED) is 0.526. The number of rotatable bonds is 7. The van der Waals surface area contributed by atoms with Gasteiger partial charge in [0.15, 0.2) is 6.61 Å². The number of aromatic nitrogens is 2. The Hall–Kier alpha value is -4.05. The summed E-state index contributed by atoms with van der Waals surface area (Å²) in [7, 11) is 0. The van der Waals surface area contributed by atoms with Crippen molar-refractivity contribution in [2.24, 2.45) is 5.73 Å². The maximum Gasteiger partial charge on any atom is 0.251 e. The van der Waals surface area contributed by atoms with E-state index in [1.165, 1.54) is 0 Å². The van der Waals surface area contributed by atoms with Crippen LogP contribution in [0.25, 0.3) is 16.4 Å². The summed E-state index contributed by atoms with van der Waals surface area (Å²) >= 11 is 0. The zero-order chi connectivity index (χ0) is 20.2. The molecule has 0 unspecified atom stereocenters. The van der Waals surface area contributed by atoms with Gasteiger partial charge < -0.3 is 19.6 Å². The van der Waals surface area contributed by atoms with Gasteiger partial charge in [0.25, 0.3) is 5.91 Å². The minimum absolute atomic E-state index is 0.0947. The minimum atomic E-state index is -0.536. The predicted molar refractivity (Wildman–Crippen MR) is 108 cm³/mol. The van der Waals surface area contributed by atoms with Gasteiger partial charge in [-0.25, -0.2) is 0 Å². The van der Waals surface area contributed by atoms with Gasteiger partial charge in [0.05, 0.1) is 23.9 Å². The molecule has 4 aromatic rings. The third-order valence-corrected chi connectivity index (χ3v) is 4.59. The average Bonchev–Trinajstić information content (AvgIpc) is 3.08. The van der Waals surface area contributed by atoms with Crippen LogP contribution in [0.1, 0.15) is 15.9 Å². The first-order valence-electron chi connectivity index (χ1n) is 9.07. The molecule has 0 saturated heterocycles. The summed E-state index contributed by atoms with van der Waals surface area (Å²) in [6.07, 6.45) is 5.88. The van der Waals surface area contributed by atoms with Crippen LogP contribution >= 0.6 is 0 Å². The molecule has 3 aromatic heterocycles. The Balaban J connectivity index is 1.81. The summed E-state index contributed by atoms with van der Waals surface area (Å²) < 4.78 is 13.4. The number of nitriles is 1. The van der Waals surface area contributed by atoms with Gasteiger partial charge in [-0.2, -0.15) is 5.26 Å². The van der Waals surface area contributed by atoms with Crippen LogP contribution in [0.3, 0.4) is 0 Å². The van der Waals surface area contributed by atoms with Crippen molar-refractivity contribution in [1.29, 1.82) is 5.26 Å². The lowest BCUT2D eigenvalue weighted by Gasteiger charge is -2.12.